The summed E-state index contributed by atoms with van der Waals surface area (Å²) in [5.41, 5.74) is 1.82. The van der Waals surface area contributed by atoms with Crippen LogP contribution in [0.2, 0.25) is 0 Å². The van der Waals surface area contributed by atoms with Gasteiger partial charge in [-0.2, -0.15) is 0 Å². The van der Waals surface area contributed by atoms with Gasteiger partial charge in [0.15, 0.2) is 15.0 Å². The van der Waals surface area contributed by atoms with E-state index in [0.717, 1.165) is 60.8 Å². The highest BCUT2D eigenvalue weighted by molar-refractivity contribution is 7.91. The zero-order valence-electron chi connectivity index (χ0n) is 21.5. The molecule has 0 radical (unpaired) electrons. The number of aryl methyl sites for hydroxylation is 1. The molecule has 0 spiro atoms. The first kappa shape index (κ1) is 27.5. The fourth-order valence-corrected chi connectivity index (χ4v) is 6.63. The SMILES string of the molecule is CCOc1ccc2nc(N(CCCN3CCOCC3)C(=O)CCCS(=O)(=O)c3ccc(C)cc3)sc2c1. The number of carbonyl (C=O) groups excluding carboxylic acids is 1. The fraction of sp³-hybridized carbons (Fsp3) is 0.481. The van der Waals surface area contributed by atoms with Crippen LogP contribution in [0.25, 0.3) is 10.2 Å². The summed E-state index contributed by atoms with van der Waals surface area (Å²) in [5, 5.41) is 0.636. The number of hydrogen-bond acceptors (Lipinski definition) is 8. The first-order valence-corrected chi connectivity index (χ1v) is 15.3. The molecular formula is C27H35N3O5S2. The molecule has 0 unspecified atom stereocenters. The Bertz CT molecular complexity index is 1290. The molecule has 1 fully saturated rings. The molecular weight excluding hydrogens is 510 g/mol. The Morgan fingerprint density at radius 3 is 2.62 bits per heavy atom. The number of fused-ring (bicyclic) bond motifs is 1. The molecule has 200 valence electrons. The van der Waals surface area contributed by atoms with Crippen molar-refractivity contribution in [2.24, 2.45) is 0 Å². The van der Waals surface area contributed by atoms with E-state index in [2.05, 4.69) is 4.90 Å². The van der Waals surface area contributed by atoms with Crippen LogP contribution in [0.15, 0.2) is 47.4 Å². The van der Waals surface area contributed by atoms with Crippen LogP contribution in [0.4, 0.5) is 5.13 Å². The summed E-state index contributed by atoms with van der Waals surface area (Å²) in [7, 11) is -3.44. The van der Waals surface area contributed by atoms with Crippen molar-refractivity contribution in [3.05, 3.63) is 48.0 Å². The number of carbonyl (C=O) groups is 1. The first-order valence-electron chi connectivity index (χ1n) is 12.8. The topological polar surface area (TPSA) is 89.0 Å². The Morgan fingerprint density at radius 2 is 1.89 bits per heavy atom. The van der Waals surface area contributed by atoms with Gasteiger partial charge >= 0.3 is 0 Å². The van der Waals surface area contributed by atoms with E-state index in [1.54, 1.807) is 29.2 Å². The smallest absolute Gasteiger partial charge is 0.228 e. The van der Waals surface area contributed by atoms with E-state index in [1.165, 1.54) is 11.3 Å². The Hall–Kier alpha value is -2.53. The third-order valence-electron chi connectivity index (χ3n) is 6.34. The number of ether oxygens (including phenoxy) is 2. The van der Waals surface area contributed by atoms with Crippen molar-refractivity contribution < 1.29 is 22.7 Å². The van der Waals surface area contributed by atoms with Gasteiger partial charge in [-0.1, -0.05) is 29.0 Å². The number of thiazole rings is 1. The summed E-state index contributed by atoms with van der Waals surface area (Å²) in [5.74, 6) is 0.600. The minimum atomic E-state index is -3.44. The van der Waals surface area contributed by atoms with Gasteiger partial charge < -0.3 is 9.47 Å². The lowest BCUT2D eigenvalue weighted by Gasteiger charge is -2.27. The normalized spacial score (nSPS) is 14.6. The number of hydrogen-bond donors (Lipinski definition) is 0. The summed E-state index contributed by atoms with van der Waals surface area (Å²) < 4.78 is 37.5. The van der Waals surface area contributed by atoms with Crippen LogP contribution in [-0.4, -0.2) is 76.0 Å². The molecule has 1 aliphatic heterocycles. The van der Waals surface area contributed by atoms with Crippen molar-refractivity contribution in [2.45, 2.75) is 38.0 Å². The van der Waals surface area contributed by atoms with Crippen molar-refractivity contribution in [3.63, 3.8) is 0 Å². The van der Waals surface area contributed by atoms with Gasteiger partial charge in [0.05, 0.1) is 40.7 Å². The number of aromatic nitrogens is 1. The molecule has 0 atom stereocenters. The van der Waals surface area contributed by atoms with Crippen LogP contribution in [0.3, 0.4) is 0 Å². The van der Waals surface area contributed by atoms with Crippen molar-refractivity contribution in [1.82, 2.24) is 9.88 Å². The predicted octanol–water partition coefficient (Wildman–Crippen LogP) is 4.31. The van der Waals surface area contributed by atoms with Crippen molar-refractivity contribution in [1.29, 1.82) is 0 Å². The van der Waals surface area contributed by atoms with Gasteiger partial charge in [0.25, 0.3) is 0 Å². The molecule has 1 aliphatic rings. The molecule has 2 aromatic carbocycles. The minimum absolute atomic E-state index is 0.0685. The van der Waals surface area contributed by atoms with E-state index in [4.69, 9.17) is 14.5 Å². The number of anilines is 1. The molecule has 1 amide bonds. The Kier molecular flexibility index (Phi) is 9.53. The molecule has 8 nitrogen and oxygen atoms in total. The fourth-order valence-electron chi connectivity index (χ4n) is 4.28. The van der Waals surface area contributed by atoms with E-state index in [9.17, 15) is 13.2 Å². The standard InChI is InChI=1S/C27H35N3O5S2/c1-3-35-22-9-12-24-25(20-22)36-27(28-24)30(14-5-13-29-15-17-34-18-16-29)26(31)6-4-19-37(32,33)23-10-7-21(2)8-11-23/h7-12,20H,3-6,13-19H2,1-2H3. The minimum Gasteiger partial charge on any atom is -0.494 e. The summed E-state index contributed by atoms with van der Waals surface area (Å²) in [6, 6.07) is 12.6. The van der Waals surface area contributed by atoms with Crippen molar-refractivity contribution >= 4 is 42.4 Å². The number of nitrogens with zero attached hydrogens (tertiary/aromatic N) is 3. The molecule has 1 aromatic heterocycles. The van der Waals surface area contributed by atoms with Crippen LogP contribution < -0.4 is 9.64 Å². The lowest BCUT2D eigenvalue weighted by molar-refractivity contribution is -0.118. The molecule has 2 heterocycles. The molecule has 4 rings (SSSR count). The summed E-state index contributed by atoms with van der Waals surface area (Å²) >= 11 is 1.46. The highest BCUT2D eigenvalue weighted by Gasteiger charge is 2.22. The van der Waals surface area contributed by atoms with Crippen LogP contribution in [-0.2, 0) is 19.4 Å². The summed E-state index contributed by atoms with van der Waals surface area (Å²) in [4.78, 5) is 22.5. The van der Waals surface area contributed by atoms with E-state index < -0.39 is 9.84 Å². The highest BCUT2D eigenvalue weighted by atomic mass is 32.2. The van der Waals surface area contributed by atoms with Gasteiger partial charge in [0, 0.05) is 32.6 Å². The maximum Gasteiger partial charge on any atom is 0.228 e. The second kappa shape index (κ2) is 12.8. The average Bonchev–Trinajstić information content (AvgIpc) is 3.30. The molecule has 1 saturated heterocycles. The summed E-state index contributed by atoms with van der Waals surface area (Å²) in [6.45, 7) is 9.09. The van der Waals surface area contributed by atoms with Crippen molar-refractivity contribution in [3.8, 4) is 5.75 Å². The van der Waals surface area contributed by atoms with Gasteiger partial charge in [-0.15, -0.1) is 0 Å². The van der Waals surface area contributed by atoms with E-state index in [0.29, 0.717) is 23.2 Å². The Morgan fingerprint density at radius 1 is 1.14 bits per heavy atom. The van der Waals surface area contributed by atoms with Crippen LogP contribution >= 0.6 is 11.3 Å². The zero-order valence-corrected chi connectivity index (χ0v) is 23.2. The maximum atomic E-state index is 13.4. The molecule has 0 aliphatic carbocycles. The van der Waals surface area contributed by atoms with E-state index in [-0.39, 0.29) is 24.5 Å². The van der Waals surface area contributed by atoms with E-state index in [1.807, 2.05) is 32.0 Å². The molecule has 37 heavy (non-hydrogen) atoms. The predicted molar refractivity (Wildman–Crippen MR) is 147 cm³/mol. The first-order chi connectivity index (χ1) is 17.9. The van der Waals surface area contributed by atoms with Crippen LogP contribution in [0.5, 0.6) is 5.75 Å². The number of amides is 1. The van der Waals surface area contributed by atoms with Crippen LogP contribution in [0.1, 0.15) is 31.7 Å². The third kappa shape index (κ3) is 7.50. The second-order valence-corrected chi connectivity index (χ2v) is 12.3. The lowest BCUT2D eigenvalue weighted by atomic mass is 10.2. The second-order valence-electron chi connectivity index (χ2n) is 9.15. The lowest BCUT2D eigenvalue weighted by Crippen LogP contribution is -2.39. The molecule has 0 saturated carbocycles. The number of morpholine rings is 1. The number of rotatable bonds is 12. The quantitative estimate of drug-likeness (QED) is 0.335. The third-order valence-corrected chi connectivity index (χ3v) is 9.19. The highest BCUT2D eigenvalue weighted by Crippen LogP contribution is 2.32. The average molecular weight is 546 g/mol. The van der Waals surface area contributed by atoms with E-state index >= 15 is 0 Å². The summed E-state index contributed by atoms with van der Waals surface area (Å²) in [6.07, 6.45) is 1.20. The molecule has 0 bridgehead atoms. The van der Waals surface area contributed by atoms with Gasteiger partial charge in [-0.05, 0) is 57.0 Å². The Balaban J connectivity index is 1.44. The largest absolute Gasteiger partial charge is 0.494 e. The van der Waals surface area contributed by atoms with Crippen LogP contribution in [0, 0.1) is 6.92 Å². The maximum absolute atomic E-state index is 13.4. The number of sulfone groups is 1. The molecule has 3 aromatic rings. The Labute approximate surface area is 223 Å². The van der Waals surface area contributed by atoms with Gasteiger partial charge in [-0.3, -0.25) is 14.6 Å². The monoisotopic (exact) mass is 545 g/mol. The molecule has 0 N–H and O–H groups in total. The number of benzene rings is 2. The van der Waals surface area contributed by atoms with Gasteiger partial charge in [0.2, 0.25) is 5.91 Å². The zero-order chi connectivity index (χ0) is 26.3. The van der Waals surface area contributed by atoms with Crippen molar-refractivity contribution in [2.75, 3.05) is 56.7 Å². The molecule has 10 heteroatoms. The van der Waals surface area contributed by atoms with Gasteiger partial charge in [0.1, 0.15) is 5.75 Å². The van der Waals surface area contributed by atoms with Gasteiger partial charge in [-0.25, -0.2) is 13.4 Å².